The van der Waals surface area contributed by atoms with E-state index in [0.29, 0.717) is 10.7 Å². The van der Waals surface area contributed by atoms with Crippen LogP contribution < -0.4 is 4.31 Å². The molecule has 1 aromatic rings. The van der Waals surface area contributed by atoms with Crippen LogP contribution in [0.1, 0.15) is 13.8 Å². The van der Waals surface area contributed by atoms with Crippen LogP contribution in [0.4, 0.5) is 5.69 Å². The summed E-state index contributed by atoms with van der Waals surface area (Å²) in [6, 6.07) is 6.60. The predicted molar refractivity (Wildman–Crippen MR) is 63.7 cm³/mol. The summed E-state index contributed by atoms with van der Waals surface area (Å²) < 4.78 is 23.5. The first-order valence-corrected chi connectivity index (χ1v) is 5.88. The van der Waals surface area contributed by atoms with Gasteiger partial charge < -0.3 is 0 Å². The lowest BCUT2D eigenvalue weighted by atomic mass is 10.1. The van der Waals surface area contributed by atoms with Gasteiger partial charge in [0.05, 0.1) is 11.2 Å². The molecule has 0 spiro atoms. The van der Waals surface area contributed by atoms with E-state index in [0.717, 1.165) is 0 Å². The Labute approximate surface area is 96.7 Å². The summed E-state index contributed by atoms with van der Waals surface area (Å²) in [4.78, 5) is 0. The number of rotatable bonds is 3. The van der Waals surface area contributed by atoms with Gasteiger partial charge in [-0.25, -0.2) is 8.42 Å². The molecular weight excluding hydrogens is 234 g/mol. The molecule has 0 amide bonds. The predicted octanol–water partition coefficient (Wildman–Crippen LogP) is 2.29. The van der Waals surface area contributed by atoms with E-state index >= 15 is 0 Å². The summed E-state index contributed by atoms with van der Waals surface area (Å²) in [6.07, 6.45) is 0. The lowest BCUT2D eigenvalue weighted by Crippen LogP contribution is -2.40. The summed E-state index contributed by atoms with van der Waals surface area (Å²) in [5.41, 5.74) is -0.154. The summed E-state index contributed by atoms with van der Waals surface area (Å²) in [5.74, 6) is 0. The van der Waals surface area contributed by atoms with Crippen molar-refractivity contribution < 1.29 is 8.42 Å². The van der Waals surface area contributed by atoms with E-state index in [-0.39, 0.29) is 0 Å². The largest absolute Gasteiger partial charge is 0.267 e. The van der Waals surface area contributed by atoms with Crippen molar-refractivity contribution >= 4 is 28.2 Å². The molecule has 0 N–H and O–H groups in total. The third-order valence-corrected chi connectivity index (χ3v) is 3.16. The molecule has 0 aliphatic heterocycles. The summed E-state index contributed by atoms with van der Waals surface area (Å²) in [7, 11) is -2.71. The Morgan fingerprint density at radius 3 is 2.07 bits per heavy atom. The topological polar surface area (TPSA) is 37.4 Å². The first-order valence-electron chi connectivity index (χ1n) is 4.38. The Morgan fingerprint density at radius 1 is 1.27 bits per heavy atom. The molecule has 5 heteroatoms. The third-order valence-electron chi connectivity index (χ3n) is 1.81. The lowest BCUT2D eigenvalue weighted by molar-refractivity contribution is 0.579. The van der Waals surface area contributed by atoms with Crippen LogP contribution in [0.3, 0.4) is 0 Å². The van der Waals surface area contributed by atoms with E-state index in [1.54, 1.807) is 38.1 Å². The molecular formula is C10H13ClNO2S. The van der Waals surface area contributed by atoms with Crippen LogP contribution in [0.2, 0.25) is 5.02 Å². The van der Waals surface area contributed by atoms with Crippen LogP contribution in [-0.2, 0) is 10.9 Å². The molecule has 3 nitrogen and oxygen atoms in total. The van der Waals surface area contributed by atoms with Crippen LogP contribution in [0, 0.1) is 6.92 Å². The second kappa shape index (κ2) is 4.41. The molecule has 0 aliphatic rings. The van der Waals surface area contributed by atoms with Gasteiger partial charge in [0.2, 0.25) is 10.9 Å². The Bertz CT molecular complexity index is 398. The molecule has 0 atom stereocenters. The second-order valence-corrected chi connectivity index (χ2v) is 5.15. The van der Waals surface area contributed by atoms with Crippen LogP contribution in [-0.4, -0.2) is 14.0 Å². The van der Waals surface area contributed by atoms with Crippen LogP contribution in [0.15, 0.2) is 24.3 Å². The maximum Gasteiger partial charge on any atom is 0.225 e. The molecule has 15 heavy (non-hydrogen) atoms. The molecule has 0 unspecified atom stereocenters. The van der Waals surface area contributed by atoms with E-state index in [1.807, 2.05) is 0 Å². The number of hydrogen-bond acceptors (Lipinski definition) is 2. The third kappa shape index (κ3) is 3.11. The van der Waals surface area contributed by atoms with Crippen molar-refractivity contribution in [2.75, 3.05) is 4.31 Å². The first kappa shape index (κ1) is 12.3. The number of anilines is 1. The number of halogens is 1. The quantitative estimate of drug-likeness (QED) is 0.831. The normalized spacial score (nSPS) is 11.8. The highest BCUT2D eigenvalue weighted by molar-refractivity contribution is 7.74. The number of benzene rings is 1. The van der Waals surface area contributed by atoms with Crippen molar-refractivity contribution in [3.63, 3.8) is 0 Å². The van der Waals surface area contributed by atoms with Crippen LogP contribution >= 0.6 is 11.6 Å². The molecule has 0 bridgehead atoms. The van der Waals surface area contributed by atoms with E-state index < -0.39 is 16.4 Å². The molecule has 0 heterocycles. The molecule has 0 fully saturated rings. The van der Waals surface area contributed by atoms with Gasteiger partial charge in [-0.3, -0.25) is 4.31 Å². The van der Waals surface area contributed by atoms with Crippen molar-refractivity contribution in [3.8, 4) is 0 Å². The zero-order valence-electron chi connectivity index (χ0n) is 8.61. The van der Waals surface area contributed by atoms with E-state index in [1.165, 1.54) is 4.31 Å². The molecule has 0 saturated heterocycles. The van der Waals surface area contributed by atoms with Crippen LogP contribution in [0.25, 0.3) is 0 Å². The van der Waals surface area contributed by atoms with Gasteiger partial charge in [-0.2, -0.15) is 0 Å². The average Bonchev–Trinajstić information content (AvgIpc) is 2.05. The molecule has 1 aromatic carbocycles. The van der Waals surface area contributed by atoms with Gasteiger partial charge in [-0.15, -0.1) is 0 Å². The first-order chi connectivity index (χ1) is 6.82. The minimum atomic E-state index is -2.71. The highest BCUT2D eigenvalue weighted by atomic mass is 35.5. The summed E-state index contributed by atoms with van der Waals surface area (Å²) >= 11 is 5.73. The minimum absolute atomic E-state index is 0.565. The van der Waals surface area contributed by atoms with Crippen molar-refractivity contribution in [1.29, 1.82) is 0 Å². The van der Waals surface area contributed by atoms with Gasteiger partial charge in [-0.05, 0) is 45.0 Å². The van der Waals surface area contributed by atoms with Gasteiger partial charge in [-0.1, -0.05) is 11.6 Å². The number of hydrogen-bond donors (Lipinski definition) is 1. The Hall–Kier alpha value is -0.740. The zero-order chi connectivity index (χ0) is 11.6. The molecule has 0 saturated carbocycles. The zero-order valence-corrected chi connectivity index (χ0v) is 10.3. The van der Waals surface area contributed by atoms with E-state index in [2.05, 4.69) is 6.92 Å². The smallest absolute Gasteiger partial charge is 0.225 e. The molecule has 0 aromatic heterocycles. The second-order valence-electron chi connectivity index (χ2n) is 3.84. The monoisotopic (exact) mass is 246 g/mol. The SMILES string of the molecule is [CH2]C(C)(C)N(c1ccc(Cl)cc1)[SH](=O)=O. The minimum Gasteiger partial charge on any atom is -0.267 e. The highest BCUT2D eigenvalue weighted by Crippen LogP contribution is 2.24. The summed E-state index contributed by atoms with van der Waals surface area (Å²) in [6.45, 7) is 7.26. The van der Waals surface area contributed by atoms with E-state index in [4.69, 9.17) is 11.6 Å². The molecule has 1 rings (SSSR count). The van der Waals surface area contributed by atoms with Gasteiger partial charge in [0, 0.05) is 5.02 Å². The molecule has 0 aliphatic carbocycles. The summed E-state index contributed by atoms with van der Waals surface area (Å²) in [5, 5.41) is 0.571. The standard InChI is InChI=1S/C10H13ClNO2S/c1-10(2,3)12(15(13)14)9-6-4-8(11)5-7-9/h4-7,15H,1H2,2-3H3. The fourth-order valence-electron chi connectivity index (χ4n) is 1.25. The molecule has 83 valence electrons. The highest BCUT2D eigenvalue weighted by Gasteiger charge is 2.23. The van der Waals surface area contributed by atoms with E-state index in [9.17, 15) is 8.42 Å². The number of thiol groups is 1. The van der Waals surface area contributed by atoms with Crippen molar-refractivity contribution in [2.24, 2.45) is 0 Å². The lowest BCUT2D eigenvalue weighted by Gasteiger charge is -2.31. The van der Waals surface area contributed by atoms with Crippen molar-refractivity contribution in [1.82, 2.24) is 0 Å². The average molecular weight is 247 g/mol. The van der Waals surface area contributed by atoms with Crippen LogP contribution in [0.5, 0.6) is 0 Å². The fraction of sp³-hybridized carbons (Fsp3) is 0.300. The fourth-order valence-corrected chi connectivity index (χ4v) is 2.14. The Morgan fingerprint density at radius 2 is 1.73 bits per heavy atom. The van der Waals surface area contributed by atoms with Gasteiger partial charge in [0.15, 0.2) is 0 Å². The van der Waals surface area contributed by atoms with Crippen molar-refractivity contribution in [2.45, 2.75) is 19.4 Å². The Kier molecular flexibility index (Phi) is 3.62. The number of nitrogens with zero attached hydrogens (tertiary/aromatic N) is 1. The van der Waals surface area contributed by atoms with Gasteiger partial charge in [0.25, 0.3) is 0 Å². The molecule has 1 radical (unpaired) electrons. The maximum absolute atomic E-state index is 11.1. The maximum atomic E-state index is 11.1. The Balaban J connectivity index is 3.17. The van der Waals surface area contributed by atoms with Crippen molar-refractivity contribution in [3.05, 3.63) is 36.2 Å². The van der Waals surface area contributed by atoms with Gasteiger partial charge >= 0.3 is 0 Å². The van der Waals surface area contributed by atoms with Gasteiger partial charge in [0.1, 0.15) is 0 Å².